The van der Waals surface area contributed by atoms with Crippen LogP contribution in [0.2, 0.25) is 0 Å². The van der Waals surface area contributed by atoms with E-state index in [-0.39, 0.29) is 5.56 Å². The number of rotatable bonds is 2. The number of anilines is 1. The van der Waals surface area contributed by atoms with Crippen molar-refractivity contribution in [1.82, 2.24) is 0 Å². The number of carbonyl (C=O) groups excluding carboxylic acids is 3. The SMILES string of the molecule is COC(=O)C=Cc1cccc2c1C(=O)C(=O)N2. The monoisotopic (exact) mass is 231 g/mol. The number of methoxy groups -OCH3 is 1. The van der Waals surface area contributed by atoms with Crippen molar-refractivity contribution in [1.29, 1.82) is 0 Å². The molecule has 0 saturated heterocycles. The maximum absolute atomic E-state index is 11.6. The van der Waals surface area contributed by atoms with Gasteiger partial charge in [0.1, 0.15) is 0 Å². The van der Waals surface area contributed by atoms with Crippen LogP contribution in [0.25, 0.3) is 6.08 Å². The lowest BCUT2D eigenvalue weighted by Gasteiger charge is -2.00. The number of amides is 1. The second-order valence-corrected chi connectivity index (χ2v) is 3.41. The molecule has 1 heterocycles. The highest BCUT2D eigenvalue weighted by molar-refractivity contribution is 6.52. The maximum Gasteiger partial charge on any atom is 0.330 e. The van der Waals surface area contributed by atoms with Crippen LogP contribution in [0.5, 0.6) is 0 Å². The predicted molar refractivity (Wildman–Crippen MR) is 60.5 cm³/mol. The lowest BCUT2D eigenvalue weighted by molar-refractivity contribution is -0.134. The molecule has 0 unspecified atom stereocenters. The Labute approximate surface area is 97.1 Å². The van der Waals surface area contributed by atoms with Gasteiger partial charge in [-0.15, -0.1) is 0 Å². The van der Waals surface area contributed by atoms with Crippen LogP contribution in [0.1, 0.15) is 15.9 Å². The minimum absolute atomic E-state index is 0.289. The summed E-state index contributed by atoms with van der Waals surface area (Å²) in [6, 6.07) is 4.97. The molecular formula is C12H9NO4. The first kappa shape index (κ1) is 11.1. The fourth-order valence-electron chi connectivity index (χ4n) is 1.59. The lowest BCUT2D eigenvalue weighted by atomic mass is 10.0. The quantitative estimate of drug-likeness (QED) is 0.468. The standard InChI is InChI=1S/C12H9NO4/c1-17-9(14)6-5-7-3-2-4-8-10(7)11(15)12(16)13-8/h2-6H,1H3,(H,13,15,16). The molecule has 17 heavy (non-hydrogen) atoms. The van der Waals surface area contributed by atoms with Crippen molar-refractivity contribution in [3.05, 3.63) is 35.4 Å². The molecule has 2 rings (SSSR count). The molecule has 5 nitrogen and oxygen atoms in total. The summed E-state index contributed by atoms with van der Waals surface area (Å²) in [5.74, 6) is -1.77. The summed E-state index contributed by atoms with van der Waals surface area (Å²) in [7, 11) is 1.26. The summed E-state index contributed by atoms with van der Waals surface area (Å²) < 4.78 is 4.45. The number of hydrogen-bond donors (Lipinski definition) is 1. The average molecular weight is 231 g/mol. The number of esters is 1. The van der Waals surface area contributed by atoms with E-state index >= 15 is 0 Å². The molecule has 1 amide bonds. The van der Waals surface area contributed by atoms with Gasteiger partial charge in [-0.2, -0.15) is 0 Å². The normalized spacial score (nSPS) is 13.7. The number of benzene rings is 1. The van der Waals surface area contributed by atoms with Crippen molar-refractivity contribution in [2.24, 2.45) is 0 Å². The molecule has 5 heteroatoms. The van der Waals surface area contributed by atoms with Gasteiger partial charge in [-0.1, -0.05) is 12.1 Å². The minimum Gasteiger partial charge on any atom is -0.466 e. The Kier molecular flexibility index (Phi) is 2.74. The third-order valence-corrected chi connectivity index (χ3v) is 2.38. The zero-order valence-corrected chi connectivity index (χ0v) is 9.02. The second-order valence-electron chi connectivity index (χ2n) is 3.41. The molecule has 0 aliphatic carbocycles. The van der Waals surface area contributed by atoms with Crippen LogP contribution in [0.4, 0.5) is 5.69 Å². The van der Waals surface area contributed by atoms with E-state index in [9.17, 15) is 14.4 Å². The highest BCUT2D eigenvalue weighted by Crippen LogP contribution is 2.26. The van der Waals surface area contributed by atoms with Crippen molar-refractivity contribution >= 4 is 29.4 Å². The predicted octanol–water partition coefficient (Wildman–Crippen LogP) is 1.01. The van der Waals surface area contributed by atoms with Crippen LogP contribution in [-0.4, -0.2) is 24.8 Å². The molecule has 0 radical (unpaired) electrons. The molecule has 1 aromatic rings. The summed E-state index contributed by atoms with van der Waals surface area (Å²) in [5, 5.41) is 2.45. The summed E-state index contributed by atoms with van der Waals surface area (Å²) in [6.45, 7) is 0. The Hall–Kier alpha value is -2.43. The Morgan fingerprint density at radius 2 is 2.12 bits per heavy atom. The molecule has 1 N–H and O–H groups in total. The van der Waals surface area contributed by atoms with Gasteiger partial charge in [-0.3, -0.25) is 9.59 Å². The molecule has 1 aliphatic rings. The second kappa shape index (κ2) is 4.21. The molecule has 0 fully saturated rings. The van der Waals surface area contributed by atoms with Crippen LogP contribution >= 0.6 is 0 Å². The van der Waals surface area contributed by atoms with Crippen molar-refractivity contribution in [3.8, 4) is 0 Å². The van der Waals surface area contributed by atoms with E-state index in [2.05, 4.69) is 10.1 Å². The smallest absolute Gasteiger partial charge is 0.330 e. The molecular weight excluding hydrogens is 222 g/mol. The highest BCUT2D eigenvalue weighted by Gasteiger charge is 2.29. The number of fused-ring (bicyclic) bond motifs is 1. The van der Waals surface area contributed by atoms with E-state index in [4.69, 9.17) is 0 Å². The van der Waals surface area contributed by atoms with Gasteiger partial charge in [0, 0.05) is 6.08 Å². The van der Waals surface area contributed by atoms with Gasteiger partial charge in [-0.25, -0.2) is 4.79 Å². The zero-order valence-electron chi connectivity index (χ0n) is 9.02. The summed E-state index contributed by atoms with van der Waals surface area (Å²) in [6.07, 6.45) is 2.65. The van der Waals surface area contributed by atoms with Crippen molar-refractivity contribution in [3.63, 3.8) is 0 Å². The molecule has 0 atom stereocenters. The molecule has 86 valence electrons. The number of Topliss-reactive ketones (excluding diaryl/α,β-unsaturated/α-hetero) is 1. The summed E-state index contributed by atoms with van der Waals surface area (Å²) in [5.41, 5.74) is 1.26. The Balaban J connectivity index is 2.42. The third kappa shape index (κ3) is 1.94. The Morgan fingerprint density at radius 1 is 1.35 bits per heavy atom. The van der Waals surface area contributed by atoms with E-state index in [0.29, 0.717) is 11.3 Å². The number of hydrogen-bond acceptors (Lipinski definition) is 4. The Morgan fingerprint density at radius 3 is 2.82 bits per heavy atom. The van der Waals surface area contributed by atoms with Gasteiger partial charge in [0.2, 0.25) is 0 Å². The largest absolute Gasteiger partial charge is 0.466 e. The zero-order chi connectivity index (χ0) is 12.4. The Bertz CT molecular complexity index is 545. The third-order valence-electron chi connectivity index (χ3n) is 2.38. The maximum atomic E-state index is 11.6. The number of ketones is 1. The van der Waals surface area contributed by atoms with Crippen molar-refractivity contribution in [2.75, 3.05) is 12.4 Å². The average Bonchev–Trinajstić information content (AvgIpc) is 2.63. The topological polar surface area (TPSA) is 72.5 Å². The molecule has 1 aromatic carbocycles. The molecule has 0 aromatic heterocycles. The van der Waals surface area contributed by atoms with Crippen LogP contribution in [0.15, 0.2) is 24.3 Å². The van der Waals surface area contributed by atoms with Gasteiger partial charge in [-0.05, 0) is 17.7 Å². The van der Waals surface area contributed by atoms with E-state index in [0.717, 1.165) is 0 Å². The van der Waals surface area contributed by atoms with Crippen LogP contribution in [0.3, 0.4) is 0 Å². The van der Waals surface area contributed by atoms with Crippen LogP contribution < -0.4 is 5.32 Å². The lowest BCUT2D eigenvalue weighted by Crippen LogP contribution is -2.12. The van der Waals surface area contributed by atoms with Crippen molar-refractivity contribution < 1.29 is 19.1 Å². The van der Waals surface area contributed by atoms with Gasteiger partial charge < -0.3 is 10.1 Å². The van der Waals surface area contributed by atoms with E-state index < -0.39 is 17.7 Å². The first-order valence-corrected chi connectivity index (χ1v) is 4.88. The first-order valence-electron chi connectivity index (χ1n) is 4.88. The summed E-state index contributed by atoms with van der Waals surface area (Å²) >= 11 is 0. The van der Waals surface area contributed by atoms with Crippen LogP contribution in [-0.2, 0) is 14.3 Å². The number of nitrogens with one attached hydrogen (secondary N) is 1. The number of carbonyl (C=O) groups is 3. The fraction of sp³-hybridized carbons (Fsp3) is 0.0833. The van der Waals surface area contributed by atoms with E-state index in [1.54, 1.807) is 18.2 Å². The van der Waals surface area contributed by atoms with Crippen LogP contribution in [0, 0.1) is 0 Å². The van der Waals surface area contributed by atoms with Gasteiger partial charge in [0.25, 0.3) is 11.7 Å². The molecule has 0 bridgehead atoms. The minimum atomic E-state index is -0.654. The van der Waals surface area contributed by atoms with Gasteiger partial charge >= 0.3 is 5.97 Å². The van der Waals surface area contributed by atoms with Crippen molar-refractivity contribution in [2.45, 2.75) is 0 Å². The molecule has 0 spiro atoms. The van der Waals surface area contributed by atoms with E-state index in [1.807, 2.05) is 0 Å². The molecule has 1 aliphatic heterocycles. The molecule has 0 saturated carbocycles. The van der Waals surface area contributed by atoms with Gasteiger partial charge in [0.15, 0.2) is 0 Å². The first-order chi connectivity index (χ1) is 8.13. The fourth-order valence-corrected chi connectivity index (χ4v) is 1.59. The number of ether oxygens (including phenoxy) is 1. The highest BCUT2D eigenvalue weighted by atomic mass is 16.5. The summed E-state index contributed by atoms with van der Waals surface area (Å²) in [4.78, 5) is 33.7. The van der Waals surface area contributed by atoms with Gasteiger partial charge in [0.05, 0.1) is 18.4 Å². The van der Waals surface area contributed by atoms with E-state index in [1.165, 1.54) is 19.3 Å².